The minimum absolute atomic E-state index is 0.303. The van der Waals surface area contributed by atoms with Gasteiger partial charge in [0.1, 0.15) is 3.57 Å². The van der Waals surface area contributed by atoms with E-state index in [1.54, 1.807) is 0 Å². The van der Waals surface area contributed by atoms with Gasteiger partial charge in [0.05, 0.1) is 0 Å². The normalized spacial score (nSPS) is 13.7. The van der Waals surface area contributed by atoms with Crippen LogP contribution >= 0.6 is 38.5 Å². The van der Waals surface area contributed by atoms with Crippen LogP contribution < -0.4 is 8.37 Å². The van der Waals surface area contributed by atoms with Crippen LogP contribution in [-0.2, 0) is 20.2 Å². The molecular weight excluding hydrogens is 577 g/mol. The lowest BCUT2D eigenvalue weighted by atomic mass is 10.3. The van der Waals surface area contributed by atoms with Crippen LogP contribution in [0.5, 0.6) is 11.5 Å². The van der Waals surface area contributed by atoms with Crippen LogP contribution in [0.15, 0.2) is 16.6 Å². The van der Waals surface area contributed by atoms with Crippen LogP contribution in [0.1, 0.15) is 0 Å². The number of halogens is 8. The van der Waals surface area contributed by atoms with Crippen molar-refractivity contribution in [2.75, 3.05) is 0 Å². The number of alkyl halides is 6. The molecule has 24 heavy (non-hydrogen) atoms. The first-order chi connectivity index (χ1) is 10.5. The second-order valence-corrected chi connectivity index (χ2v) is 8.75. The van der Waals surface area contributed by atoms with E-state index in [-0.39, 0.29) is 4.47 Å². The summed E-state index contributed by atoms with van der Waals surface area (Å²) in [5.41, 5.74) is -11.6. The molecule has 16 heteroatoms. The van der Waals surface area contributed by atoms with Gasteiger partial charge in [-0.1, -0.05) is 15.9 Å². The Morgan fingerprint density at radius 1 is 0.833 bits per heavy atom. The van der Waals surface area contributed by atoms with E-state index >= 15 is 0 Å². The van der Waals surface area contributed by atoms with Gasteiger partial charge in [-0.15, -0.1) is 0 Å². The van der Waals surface area contributed by atoms with E-state index < -0.39 is 46.3 Å². The summed E-state index contributed by atoms with van der Waals surface area (Å²) in [6.07, 6.45) is 0. The highest BCUT2D eigenvalue weighted by Gasteiger charge is 2.50. The summed E-state index contributed by atoms with van der Waals surface area (Å²) in [5, 5.41) is 0. The standard InChI is InChI=1S/C8H2BrF6IO6S2/c9-3-1-4(21-23(17,18)7(10,11)12)6(16)5(2-3)22-24(19,20)8(13,14)15/h1-2H. The van der Waals surface area contributed by atoms with Crippen molar-refractivity contribution in [3.8, 4) is 11.5 Å². The molecular formula is C8H2BrF6IO6S2. The number of hydrogen-bond acceptors (Lipinski definition) is 6. The van der Waals surface area contributed by atoms with Gasteiger partial charge in [-0.05, 0) is 34.7 Å². The average molecular weight is 579 g/mol. The van der Waals surface area contributed by atoms with Crippen molar-refractivity contribution in [1.82, 2.24) is 0 Å². The minimum atomic E-state index is -6.13. The fraction of sp³-hybridized carbons (Fsp3) is 0.250. The smallest absolute Gasteiger partial charge is 0.375 e. The van der Waals surface area contributed by atoms with Gasteiger partial charge >= 0.3 is 31.3 Å². The van der Waals surface area contributed by atoms with Gasteiger partial charge in [-0.2, -0.15) is 43.2 Å². The Bertz CT molecular complexity index is 780. The third-order valence-corrected chi connectivity index (χ3v) is 5.39. The van der Waals surface area contributed by atoms with E-state index in [1.165, 1.54) is 0 Å². The highest BCUT2D eigenvalue weighted by molar-refractivity contribution is 14.1. The summed E-state index contributed by atoms with van der Waals surface area (Å²) in [4.78, 5) is 0. The van der Waals surface area contributed by atoms with Crippen molar-refractivity contribution in [2.45, 2.75) is 11.0 Å². The van der Waals surface area contributed by atoms with Gasteiger partial charge < -0.3 is 8.37 Å². The molecule has 0 bridgehead atoms. The van der Waals surface area contributed by atoms with Gasteiger partial charge in [-0.25, -0.2) is 0 Å². The molecule has 0 amide bonds. The summed E-state index contributed by atoms with van der Waals surface area (Å²) in [6, 6.07) is 1.33. The summed E-state index contributed by atoms with van der Waals surface area (Å²) in [6.45, 7) is 0. The van der Waals surface area contributed by atoms with Gasteiger partial charge in [-0.3, -0.25) is 0 Å². The molecule has 138 valence electrons. The van der Waals surface area contributed by atoms with Crippen molar-refractivity contribution in [3.05, 3.63) is 20.2 Å². The molecule has 6 nitrogen and oxygen atoms in total. The molecule has 1 aromatic carbocycles. The second-order valence-electron chi connectivity index (χ2n) is 3.68. The van der Waals surface area contributed by atoms with E-state index in [4.69, 9.17) is 0 Å². The Balaban J connectivity index is 3.38. The fourth-order valence-corrected chi connectivity index (χ4v) is 3.16. The lowest BCUT2D eigenvalue weighted by molar-refractivity contribution is -0.0502. The third kappa shape index (κ3) is 4.78. The lowest BCUT2D eigenvalue weighted by Crippen LogP contribution is -2.29. The summed E-state index contributed by atoms with van der Waals surface area (Å²) >= 11 is 3.71. The molecule has 0 aromatic heterocycles. The number of hydrogen-bond donors (Lipinski definition) is 0. The predicted octanol–water partition coefficient (Wildman–Crippen LogP) is 3.51. The zero-order valence-corrected chi connectivity index (χ0v) is 15.8. The second kappa shape index (κ2) is 6.67. The summed E-state index contributed by atoms with van der Waals surface area (Å²) in [7, 11) is -12.3. The molecule has 0 saturated heterocycles. The van der Waals surface area contributed by atoms with Crippen LogP contribution in [-0.4, -0.2) is 27.9 Å². The third-order valence-electron chi connectivity index (χ3n) is 1.94. The Kier molecular flexibility index (Phi) is 5.99. The maximum absolute atomic E-state index is 12.3. The molecule has 0 aliphatic heterocycles. The highest BCUT2D eigenvalue weighted by Crippen LogP contribution is 2.39. The number of rotatable bonds is 4. The van der Waals surface area contributed by atoms with Crippen LogP contribution in [0.25, 0.3) is 0 Å². The molecule has 0 N–H and O–H groups in total. The maximum Gasteiger partial charge on any atom is 0.534 e. The monoisotopic (exact) mass is 578 g/mol. The topological polar surface area (TPSA) is 86.7 Å². The molecule has 0 fully saturated rings. The van der Waals surface area contributed by atoms with Crippen molar-refractivity contribution in [2.24, 2.45) is 0 Å². The van der Waals surface area contributed by atoms with E-state index in [9.17, 15) is 43.2 Å². The van der Waals surface area contributed by atoms with Crippen molar-refractivity contribution < 1.29 is 51.5 Å². The Morgan fingerprint density at radius 3 is 1.38 bits per heavy atom. The molecule has 0 aliphatic carbocycles. The maximum atomic E-state index is 12.3. The zero-order valence-electron chi connectivity index (χ0n) is 10.4. The van der Waals surface area contributed by atoms with E-state index in [0.29, 0.717) is 12.1 Å². The first-order valence-corrected chi connectivity index (χ1v) is 9.67. The van der Waals surface area contributed by atoms with Crippen molar-refractivity contribution in [3.63, 3.8) is 0 Å². The molecule has 1 aromatic rings. The molecule has 0 spiro atoms. The van der Waals surface area contributed by atoms with E-state index in [2.05, 4.69) is 24.3 Å². The molecule has 1 rings (SSSR count). The van der Waals surface area contributed by atoms with Crippen LogP contribution in [0, 0.1) is 3.57 Å². The van der Waals surface area contributed by atoms with E-state index in [0.717, 1.165) is 22.6 Å². The Labute approximate surface area is 152 Å². The average Bonchev–Trinajstić information content (AvgIpc) is 2.31. The zero-order chi connectivity index (χ0) is 19.1. The molecule has 0 aliphatic rings. The van der Waals surface area contributed by atoms with Gasteiger partial charge in [0.15, 0.2) is 11.5 Å². The molecule has 0 radical (unpaired) electrons. The first kappa shape index (κ1) is 21.6. The summed E-state index contributed by atoms with van der Waals surface area (Å²) in [5.74, 6) is -2.18. The van der Waals surface area contributed by atoms with Crippen LogP contribution in [0.3, 0.4) is 0 Å². The number of benzene rings is 1. The minimum Gasteiger partial charge on any atom is -0.375 e. The Hall–Kier alpha value is -0.490. The van der Waals surface area contributed by atoms with Gasteiger partial charge in [0, 0.05) is 4.47 Å². The Morgan fingerprint density at radius 2 is 1.12 bits per heavy atom. The molecule has 0 atom stereocenters. The highest BCUT2D eigenvalue weighted by atomic mass is 127. The van der Waals surface area contributed by atoms with Crippen molar-refractivity contribution in [1.29, 1.82) is 0 Å². The van der Waals surface area contributed by atoms with Crippen molar-refractivity contribution >= 4 is 58.8 Å². The van der Waals surface area contributed by atoms with Gasteiger partial charge in [0.2, 0.25) is 0 Å². The SMILES string of the molecule is O=S(=O)(Oc1cc(Br)cc(OS(=O)(=O)C(F)(F)F)c1I)C(F)(F)F. The largest absolute Gasteiger partial charge is 0.534 e. The van der Waals surface area contributed by atoms with E-state index in [1.807, 2.05) is 0 Å². The molecule has 0 unspecified atom stereocenters. The quantitative estimate of drug-likeness (QED) is 0.235. The molecule has 0 heterocycles. The van der Waals surface area contributed by atoms with Crippen LogP contribution in [0.2, 0.25) is 0 Å². The predicted molar refractivity (Wildman–Crippen MR) is 78.1 cm³/mol. The van der Waals surface area contributed by atoms with Crippen LogP contribution in [0.4, 0.5) is 26.3 Å². The first-order valence-electron chi connectivity index (χ1n) is 4.98. The molecule has 0 saturated carbocycles. The van der Waals surface area contributed by atoms with Gasteiger partial charge in [0.25, 0.3) is 0 Å². The fourth-order valence-electron chi connectivity index (χ4n) is 0.992. The summed E-state index contributed by atoms with van der Waals surface area (Å²) < 4.78 is 124. The lowest BCUT2D eigenvalue weighted by Gasteiger charge is -2.15.